The molecule has 3 aromatic carbocycles. The Morgan fingerprint density at radius 2 is 1.89 bits per heavy atom. The first-order valence-corrected chi connectivity index (χ1v) is 12.1. The first-order chi connectivity index (χ1) is 18.3. The van der Waals surface area contributed by atoms with Crippen molar-refractivity contribution in [3.8, 4) is 23.3 Å². The molecule has 1 unspecified atom stereocenters. The minimum Gasteiger partial charge on any atom is -0.507 e. The number of amides is 1. The van der Waals surface area contributed by atoms with E-state index in [1.54, 1.807) is 61.5 Å². The summed E-state index contributed by atoms with van der Waals surface area (Å²) in [6.45, 7) is 3.25. The molecule has 0 saturated carbocycles. The Balaban J connectivity index is 1.71. The SMILES string of the molecule is CCOc1cc(C2/C(=C(\O)c3ccc4c(c3)N(C)CCO4)C(=O)C(=O)N2c2ccc(C#N)cc2)ccc1O. The molecule has 1 atom stereocenters. The van der Waals surface area contributed by atoms with Crippen LogP contribution in [0, 0.1) is 11.3 Å². The Hall–Kier alpha value is -4.97. The number of benzene rings is 3. The molecule has 1 saturated heterocycles. The zero-order valence-corrected chi connectivity index (χ0v) is 20.8. The van der Waals surface area contributed by atoms with Crippen molar-refractivity contribution in [2.24, 2.45) is 0 Å². The van der Waals surface area contributed by atoms with E-state index in [1.807, 2.05) is 18.0 Å². The number of likely N-dealkylation sites (N-methyl/N-ethyl adjacent to an activating group) is 1. The number of aliphatic hydroxyl groups excluding tert-OH is 1. The minimum atomic E-state index is -1.02. The Kier molecular flexibility index (Phi) is 6.39. The van der Waals surface area contributed by atoms with Crippen LogP contribution in [0.25, 0.3) is 5.76 Å². The Morgan fingerprint density at radius 1 is 1.13 bits per heavy atom. The predicted molar refractivity (Wildman–Crippen MR) is 140 cm³/mol. The zero-order chi connectivity index (χ0) is 27.0. The standard InChI is InChI=1S/C29H25N3O6/c1-3-37-24-15-18(6-10-22(24)33)26-25(27(34)19-7-11-23-21(14-19)31(2)12-13-38-23)28(35)29(36)32(26)20-8-4-17(16-30)5-9-20/h4-11,14-15,26,33-34H,3,12-13H2,1-2H3/b27-25+. The fourth-order valence-corrected chi connectivity index (χ4v) is 4.74. The van der Waals surface area contributed by atoms with Crippen molar-refractivity contribution in [3.63, 3.8) is 0 Å². The van der Waals surface area contributed by atoms with Gasteiger partial charge in [-0.15, -0.1) is 0 Å². The Bertz CT molecular complexity index is 1510. The molecule has 5 rings (SSSR count). The van der Waals surface area contributed by atoms with Gasteiger partial charge in [0.1, 0.15) is 18.1 Å². The summed E-state index contributed by atoms with van der Waals surface area (Å²) in [4.78, 5) is 30.1. The zero-order valence-electron chi connectivity index (χ0n) is 20.8. The maximum absolute atomic E-state index is 13.5. The third kappa shape index (κ3) is 4.16. The lowest BCUT2D eigenvalue weighted by Gasteiger charge is -2.28. The topological polar surface area (TPSA) is 123 Å². The van der Waals surface area contributed by atoms with Gasteiger partial charge in [0.15, 0.2) is 11.5 Å². The number of ether oxygens (including phenoxy) is 2. The highest BCUT2D eigenvalue weighted by molar-refractivity contribution is 6.51. The van der Waals surface area contributed by atoms with Crippen LogP contribution in [-0.2, 0) is 9.59 Å². The molecule has 2 aliphatic rings. The van der Waals surface area contributed by atoms with E-state index in [9.17, 15) is 25.1 Å². The van der Waals surface area contributed by atoms with E-state index in [4.69, 9.17) is 9.47 Å². The summed E-state index contributed by atoms with van der Waals surface area (Å²) in [5.41, 5.74) is 2.22. The van der Waals surface area contributed by atoms with E-state index in [-0.39, 0.29) is 29.4 Å². The normalized spacial score (nSPS) is 18.1. The first kappa shape index (κ1) is 24.7. The lowest BCUT2D eigenvalue weighted by molar-refractivity contribution is -0.132. The second-order valence-electron chi connectivity index (χ2n) is 8.94. The van der Waals surface area contributed by atoms with Gasteiger partial charge in [0.25, 0.3) is 11.7 Å². The van der Waals surface area contributed by atoms with Crippen LogP contribution in [-0.4, -0.2) is 48.7 Å². The highest BCUT2D eigenvalue weighted by Crippen LogP contribution is 2.45. The smallest absolute Gasteiger partial charge is 0.300 e. The summed E-state index contributed by atoms with van der Waals surface area (Å²) < 4.78 is 11.2. The molecular weight excluding hydrogens is 486 g/mol. The summed E-state index contributed by atoms with van der Waals surface area (Å²) >= 11 is 0. The number of Topliss-reactive ketones (excluding diaryl/α,β-unsaturated/α-hetero) is 1. The van der Waals surface area contributed by atoms with Crippen LogP contribution in [0.1, 0.15) is 29.7 Å². The van der Waals surface area contributed by atoms with Crippen molar-refractivity contribution in [3.05, 3.63) is 82.9 Å². The van der Waals surface area contributed by atoms with Crippen LogP contribution >= 0.6 is 0 Å². The van der Waals surface area contributed by atoms with Gasteiger partial charge in [-0.2, -0.15) is 5.26 Å². The van der Waals surface area contributed by atoms with Crippen molar-refractivity contribution < 1.29 is 29.3 Å². The van der Waals surface area contributed by atoms with Crippen LogP contribution in [0.3, 0.4) is 0 Å². The summed E-state index contributed by atoms with van der Waals surface area (Å²) in [7, 11) is 1.90. The largest absolute Gasteiger partial charge is 0.507 e. The molecule has 0 bridgehead atoms. The lowest BCUT2D eigenvalue weighted by atomic mass is 9.94. The number of ketones is 1. The minimum absolute atomic E-state index is 0.0938. The average molecular weight is 512 g/mol. The maximum atomic E-state index is 13.5. The van der Waals surface area contributed by atoms with E-state index in [2.05, 4.69) is 0 Å². The number of hydrogen-bond donors (Lipinski definition) is 2. The van der Waals surface area contributed by atoms with Crippen LogP contribution in [0.5, 0.6) is 17.2 Å². The highest BCUT2D eigenvalue weighted by atomic mass is 16.5. The maximum Gasteiger partial charge on any atom is 0.300 e. The van der Waals surface area contributed by atoms with Crippen molar-refractivity contribution in [1.82, 2.24) is 0 Å². The molecule has 38 heavy (non-hydrogen) atoms. The summed E-state index contributed by atoms with van der Waals surface area (Å²) in [5.74, 6) is -1.27. The molecule has 2 heterocycles. The molecule has 9 nitrogen and oxygen atoms in total. The number of fused-ring (bicyclic) bond motifs is 1. The highest BCUT2D eigenvalue weighted by Gasteiger charge is 2.47. The van der Waals surface area contributed by atoms with E-state index in [0.29, 0.717) is 41.3 Å². The first-order valence-electron chi connectivity index (χ1n) is 12.1. The molecule has 1 amide bonds. The Morgan fingerprint density at radius 3 is 2.61 bits per heavy atom. The van der Waals surface area contributed by atoms with Gasteiger partial charge >= 0.3 is 0 Å². The van der Waals surface area contributed by atoms with Crippen LogP contribution in [0.15, 0.2) is 66.2 Å². The second-order valence-corrected chi connectivity index (χ2v) is 8.94. The van der Waals surface area contributed by atoms with Gasteiger partial charge in [-0.05, 0) is 67.1 Å². The summed E-state index contributed by atoms with van der Waals surface area (Å²) in [5, 5.41) is 31.0. The molecule has 9 heteroatoms. The van der Waals surface area contributed by atoms with Crippen LogP contribution < -0.4 is 19.3 Å². The average Bonchev–Trinajstić information content (AvgIpc) is 3.19. The quantitative estimate of drug-likeness (QED) is 0.298. The van der Waals surface area contributed by atoms with Crippen LogP contribution in [0.2, 0.25) is 0 Å². The van der Waals surface area contributed by atoms with Crippen molar-refractivity contribution >= 4 is 28.8 Å². The Labute approximate surface area is 219 Å². The molecule has 2 aliphatic heterocycles. The third-order valence-electron chi connectivity index (χ3n) is 6.65. The number of carbonyl (C=O) groups excluding carboxylic acids is 2. The second kappa shape index (κ2) is 9.82. The van der Waals surface area contributed by atoms with Crippen molar-refractivity contribution in [2.45, 2.75) is 13.0 Å². The lowest BCUT2D eigenvalue weighted by Crippen LogP contribution is -2.29. The molecule has 0 spiro atoms. The van der Waals surface area contributed by atoms with Gasteiger partial charge < -0.3 is 24.6 Å². The van der Waals surface area contributed by atoms with Gasteiger partial charge in [-0.1, -0.05) is 6.07 Å². The monoisotopic (exact) mass is 511 g/mol. The molecule has 3 aromatic rings. The fourth-order valence-electron chi connectivity index (χ4n) is 4.74. The molecular formula is C29H25N3O6. The molecule has 0 aliphatic carbocycles. The van der Waals surface area contributed by atoms with Crippen LogP contribution in [0.4, 0.5) is 11.4 Å². The molecule has 2 N–H and O–H groups in total. The number of anilines is 2. The van der Waals surface area contributed by atoms with Crippen molar-refractivity contribution in [2.75, 3.05) is 36.6 Å². The third-order valence-corrected chi connectivity index (χ3v) is 6.65. The van der Waals surface area contributed by atoms with Gasteiger partial charge in [0, 0.05) is 18.3 Å². The number of nitriles is 1. The number of phenolic OH excluding ortho intramolecular Hbond substituents is 1. The van der Waals surface area contributed by atoms with Gasteiger partial charge in [-0.25, -0.2) is 0 Å². The number of carbonyl (C=O) groups is 2. The molecule has 192 valence electrons. The molecule has 1 fully saturated rings. The number of rotatable bonds is 5. The number of aromatic hydroxyl groups is 1. The van der Waals surface area contributed by atoms with E-state index >= 15 is 0 Å². The number of aliphatic hydroxyl groups is 1. The number of hydrogen-bond acceptors (Lipinski definition) is 8. The summed E-state index contributed by atoms with van der Waals surface area (Å²) in [6, 6.07) is 16.9. The fraction of sp³-hybridized carbons (Fsp3) is 0.207. The number of nitrogens with zero attached hydrogens (tertiary/aromatic N) is 3. The van der Waals surface area contributed by atoms with Gasteiger partial charge in [-0.3, -0.25) is 14.5 Å². The van der Waals surface area contributed by atoms with Gasteiger partial charge in [0.2, 0.25) is 0 Å². The predicted octanol–water partition coefficient (Wildman–Crippen LogP) is 4.12. The molecule has 0 radical (unpaired) electrons. The van der Waals surface area contributed by atoms with E-state index in [1.165, 1.54) is 11.0 Å². The molecule has 0 aromatic heterocycles. The van der Waals surface area contributed by atoms with E-state index < -0.39 is 17.7 Å². The van der Waals surface area contributed by atoms with Gasteiger partial charge in [0.05, 0.1) is 42.1 Å². The van der Waals surface area contributed by atoms with Crippen molar-refractivity contribution in [1.29, 1.82) is 5.26 Å². The number of phenols is 1. The van der Waals surface area contributed by atoms with E-state index in [0.717, 1.165) is 5.69 Å². The summed E-state index contributed by atoms with van der Waals surface area (Å²) in [6.07, 6.45) is 0.